The van der Waals surface area contributed by atoms with E-state index in [-0.39, 0.29) is 31.6 Å². The van der Waals surface area contributed by atoms with E-state index in [2.05, 4.69) is 16.0 Å². The van der Waals surface area contributed by atoms with Crippen LogP contribution in [-0.2, 0) is 28.8 Å². The normalized spacial score (nSPS) is 14.3. The number of carbonyl (C=O) groups excluding carboxylic acids is 4. The summed E-state index contributed by atoms with van der Waals surface area (Å²) in [6.45, 7) is 4.00. The molecule has 4 unspecified atom stereocenters. The molecule has 0 saturated carbocycles. The second-order valence-electron chi connectivity index (χ2n) is 8.65. The van der Waals surface area contributed by atoms with E-state index in [4.69, 9.17) is 22.3 Å². The first-order chi connectivity index (χ1) is 16.3. The fourth-order valence-electron chi connectivity index (χ4n) is 3.13. The molecular formula is C21H38N6O8. The third-order valence-corrected chi connectivity index (χ3v) is 4.95. The zero-order valence-electron chi connectivity index (χ0n) is 20.1. The highest BCUT2D eigenvalue weighted by molar-refractivity contribution is 5.95. The monoisotopic (exact) mass is 502 g/mol. The van der Waals surface area contributed by atoms with Crippen LogP contribution in [0.15, 0.2) is 0 Å². The van der Waals surface area contributed by atoms with Gasteiger partial charge in [-0.15, -0.1) is 0 Å². The van der Waals surface area contributed by atoms with Crippen LogP contribution in [0.25, 0.3) is 0 Å². The SMILES string of the molecule is CC(C)CC(N)C(=O)NC(CC(=O)O)C(=O)NC(CCC(N)=O)C(=O)NC(CCCCN)C(=O)O. The predicted molar refractivity (Wildman–Crippen MR) is 124 cm³/mol. The number of carboxylic acids is 2. The van der Waals surface area contributed by atoms with Crippen molar-refractivity contribution >= 4 is 35.6 Å². The summed E-state index contributed by atoms with van der Waals surface area (Å²) >= 11 is 0. The molecule has 4 amide bonds. The molecule has 14 heteroatoms. The molecule has 35 heavy (non-hydrogen) atoms. The number of amides is 4. The first-order valence-electron chi connectivity index (χ1n) is 11.4. The second kappa shape index (κ2) is 16.4. The molecule has 0 aromatic rings. The highest BCUT2D eigenvalue weighted by atomic mass is 16.4. The van der Waals surface area contributed by atoms with Gasteiger partial charge in [-0.2, -0.15) is 0 Å². The highest BCUT2D eigenvalue weighted by Crippen LogP contribution is 2.07. The lowest BCUT2D eigenvalue weighted by atomic mass is 10.0. The van der Waals surface area contributed by atoms with Crippen molar-refractivity contribution in [1.82, 2.24) is 16.0 Å². The minimum atomic E-state index is -1.57. The number of aliphatic carboxylic acids is 2. The number of unbranched alkanes of at least 4 members (excludes halogenated alkanes) is 1. The lowest BCUT2D eigenvalue weighted by Gasteiger charge is -2.24. The number of nitrogens with two attached hydrogens (primary N) is 3. The number of hydrogen-bond donors (Lipinski definition) is 8. The van der Waals surface area contributed by atoms with Gasteiger partial charge in [-0.05, 0) is 44.6 Å². The molecule has 0 radical (unpaired) electrons. The van der Waals surface area contributed by atoms with Crippen LogP contribution in [0.5, 0.6) is 0 Å². The topological polar surface area (TPSA) is 257 Å². The van der Waals surface area contributed by atoms with Crippen molar-refractivity contribution < 1.29 is 39.0 Å². The Labute approximate surface area is 203 Å². The van der Waals surface area contributed by atoms with Crippen molar-refractivity contribution in [3.8, 4) is 0 Å². The number of carboxylic acid groups (broad SMARTS) is 2. The summed E-state index contributed by atoms with van der Waals surface area (Å²) in [7, 11) is 0. The molecule has 0 saturated heterocycles. The molecule has 4 atom stereocenters. The Bertz CT molecular complexity index is 760. The second-order valence-corrected chi connectivity index (χ2v) is 8.65. The number of rotatable bonds is 18. The average molecular weight is 503 g/mol. The zero-order chi connectivity index (χ0) is 27.1. The molecule has 0 aliphatic carbocycles. The average Bonchev–Trinajstić information content (AvgIpc) is 2.74. The van der Waals surface area contributed by atoms with Gasteiger partial charge in [0.05, 0.1) is 12.5 Å². The molecule has 200 valence electrons. The van der Waals surface area contributed by atoms with E-state index >= 15 is 0 Å². The van der Waals surface area contributed by atoms with Gasteiger partial charge in [0, 0.05) is 6.42 Å². The van der Waals surface area contributed by atoms with E-state index in [0.29, 0.717) is 19.4 Å². The summed E-state index contributed by atoms with van der Waals surface area (Å²) in [4.78, 5) is 71.8. The molecule has 0 spiro atoms. The van der Waals surface area contributed by atoms with E-state index in [1.54, 1.807) is 0 Å². The Morgan fingerprint density at radius 2 is 1.34 bits per heavy atom. The van der Waals surface area contributed by atoms with Crippen LogP contribution in [0, 0.1) is 5.92 Å². The van der Waals surface area contributed by atoms with Crippen LogP contribution in [0.2, 0.25) is 0 Å². The number of primary amides is 1. The van der Waals surface area contributed by atoms with Crippen molar-refractivity contribution in [2.45, 2.75) is 83.0 Å². The third-order valence-electron chi connectivity index (χ3n) is 4.95. The van der Waals surface area contributed by atoms with Crippen LogP contribution in [0.4, 0.5) is 0 Å². The minimum Gasteiger partial charge on any atom is -0.481 e. The van der Waals surface area contributed by atoms with Crippen molar-refractivity contribution in [2.24, 2.45) is 23.1 Å². The maximum atomic E-state index is 12.8. The number of carbonyl (C=O) groups is 6. The molecule has 0 aromatic heterocycles. The van der Waals surface area contributed by atoms with E-state index in [1.165, 1.54) is 0 Å². The summed E-state index contributed by atoms with van der Waals surface area (Å²) < 4.78 is 0. The molecule has 0 rings (SSSR count). The van der Waals surface area contributed by atoms with Crippen molar-refractivity contribution in [2.75, 3.05) is 6.54 Å². The summed E-state index contributed by atoms with van der Waals surface area (Å²) in [6.07, 6.45) is -0.0572. The van der Waals surface area contributed by atoms with Crippen LogP contribution < -0.4 is 33.2 Å². The standard InChI is InChI=1S/C21H38N6O8/c1-11(2)9-12(23)18(31)27-15(10-17(29)30)20(33)25-13(6-7-16(24)28)19(32)26-14(21(34)35)5-3-4-8-22/h11-15H,3-10,22-23H2,1-2H3,(H2,24,28)(H,25,33)(H,26,32)(H,27,31)(H,29,30)(H,34,35). The Hall–Kier alpha value is -3.26. The lowest BCUT2D eigenvalue weighted by Crippen LogP contribution is -2.57. The quantitative estimate of drug-likeness (QED) is 0.0935. The van der Waals surface area contributed by atoms with Crippen LogP contribution in [-0.4, -0.2) is 76.5 Å². The smallest absolute Gasteiger partial charge is 0.326 e. The number of hydrogen-bond acceptors (Lipinski definition) is 8. The van der Waals surface area contributed by atoms with Gasteiger partial charge in [0.1, 0.15) is 18.1 Å². The highest BCUT2D eigenvalue weighted by Gasteiger charge is 2.31. The van der Waals surface area contributed by atoms with Gasteiger partial charge in [-0.1, -0.05) is 13.8 Å². The van der Waals surface area contributed by atoms with Gasteiger partial charge >= 0.3 is 11.9 Å². The van der Waals surface area contributed by atoms with Gasteiger partial charge in [0.15, 0.2) is 0 Å². The molecule has 0 fully saturated rings. The van der Waals surface area contributed by atoms with Crippen LogP contribution in [0.1, 0.15) is 58.8 Å². The maximum Gasteiger partial charge on any atom is 0.326 e. The van der Waals surface area contributed by atoms with E-state index in [1.807, 2.05) is 13.8 Å². The molecular weight excluding hydrogens is 464 g/mol. The fourth-order valence-corrected chi connectivity index (χ4v) is 3.13. The summed E-state index contributed by atoms with van der Waals surface area (Å²) in [6, 6.07) is -5.24. The molecule has 11 N–H and O–H groups in total. The van der Waals surface area contributed by atoms with Gasteiger partial charge in [-0.25, -0.2) is 4.79 Å². The maximum absolute atomic E-state index is 12.8. The molecule has 0 aromatic carbocycles. The first kappa shape index (κ1) is 31.7. The molecule has 0 heterocycles. The first-order valence-corrected chi connectivity index (χ1v) is 11.4. The Morgan fingerprint density at radius 3 is 1.83 bits per heavy atom. The van der Waals surface area contributed by atoms with Crippen molar-refractivity contribution in [3.05, 3.63) is 0 Å². The summed E-state index contributed by atoms with van der Waals surface area (Å²) in [5, 5.41) is 25.4. The van der Waals surface area contributed by atoms with Gasteiger partial charge in [0.2, 0.25) is 23.6 Å². The molecule has 14 nitrogen and oxygen atoms in total. The van der Waals surface area contributed by atoms with E-state index in [0.717, 1.165) is 0 Å². The van der Waals surface area contributed by atoms with Gasteiger partial charge in [-0.3, -0.25) is 24.0 Å². The Balaban J connectivity index is 5.54. The molecule has 0 aliphatic rings. The number of nitrogens with one attached hydrogen (secondary N) is 3. The Kier molecular flexibility index (Phi) is 14.9. The van der Waals surface area contributed by atoms with Crippen molar-refractivity contribution in [1.29, 1.82) is 0 Å². The van der Waals surface area contributed by atoms with Gasteiger partial charge < -0.3 is 43.4 Å². The Morgan fingerprint density at radius 1 is 0.800 bits per heavy atom. The fraction of sp³-hybridized carbons (Fsp3) is 0.714. The predicted octanol–water partition coefficient (Wildman–Crippen LogP) is -2.23. The molecule has 0 bridgehead atoms. The minimum absolute atomic E-state index is 0.0661. The summed E-state index contributed by atoms with van der Waals surface area (Å²) in [5.41, 5.74) is 16.3. The van der Waals surface area contributed by atoms with E-state index < -0.39 is 66.2 Å². The van der Waals surface area contributed by atoms with Crippen LogP contribution >= 0.6 is 0 Å². The van der Waals surface area contributed by atoms with Crippen LogP contribution in [0.3, 0.4) is 0 Å². The molecule has 0 aliphatic heterocycles. The van der Waals surface area contributed by atoms with Gasteiger partial charge in [0.25, 0.3) is 0 Å². The largest absolute Gasteiger partial charge is 0.481 e. The van der Waals surface area contributed by atoms with E-state index in [9.17, 15) is 33.9 Å². The lowest BCUT2D eigenvalue weighted by molar-refractivity contribution is -0.143. The third kappa shape index (κ3) is 13.9. The zero-order valence-corrected chi connectivity index (χ0v) is 20.1. The summed E-state index contributed by atoms with van der Waals surface area (Å²) in [5.74, 6) is -6.07. The van der Waals surface area contributed by atoms with Crippen molar-refractivity contribution in [3.63, 3.8) is 0 Å².